The number of rotatable bonds is 8. The number of aromatic nitrogens is 1. The second kappa shape index (κ2) is 9.69. The third kappa shape index (κ3) is 5.27. The number of fused-ring (bicyclic) bond motifs is 1. The van der Waals surface area contributed by atoms with Crippen LogP contribution >= 0.6 is 0 Å². The molecule has 0 atom stereocenters. The van der Waals surface area contributed by atoms with Gasteiger partial charge in [-0.15, -0.1) is 0 Å². The SMILES string of the molecule is O=C(Cn1cc(S(=O)(=O)Cc2ccc(F)cc2)c2ccccc21)NCCC1=CCCCC1. The molecule has 0 bridgehead atoms. The average molecular weight is 455 g/mol. The van der Waals surface area contributed by atoms with Crippen LogP contribution in [0, 0.1) is 5.82 Å². The van der Waals surface area contributed by atoms with Gasteiger partial charge in [-0.1, -0.05) is 42.0 Å². The molecule has 0 spiro atoms. The molecule has 0 saturated carbocycles. The minimum atomic E-state index is -3.68. The van der Waals surface area contributed by atoms with Crippen molar-refractivity contribution in [3.05, 3.63) is 77.8 Å². The molecule has 168 valence electrons. The van der Waals surface area contributed by atoms with Crippen molar-refractivity contribution in [1.82, 2.24) is 9.88 Å². The van der Waals surface area contributed by atoms with E-state index in [0.717, 1.165) is 19.3 Å². The number of halogens is 1. The molecular formula is C25H27FN2O3S. The first-order chi connectivity index (χ1) is 15.4. The monoisotopic (exact) mass is 454 g/mol. The van der Waals surface area contributed by atoms with E-state index in [0.29, 0.717) is 23.0 Å². The van der Waals surface area contributed by atoms with Crippen LogP contribution in [0.1, 0.15) is 37.7 Å². The van der Waals surface area contributed by atoms with E-state index in [-0.39, 0.29) is 23.1 Å². The van der Waals surface area contributed by atoms with Gasteiger partial charge in [-0.25, -0.2) is 12.8 Å². The Hall–Kier alpha value is -2.93. The minimum Gasteiger partial charge on any atom is -0.354 e. The molecule has 1 aliphatic rings. The molecule has 1 aromatic heterocycles. The van der Waals surface area contributed by atoms with Crippen molar-refractivity contribution in [2.24, 2.45) is 0 Å². The molecule has 0 unspecified atom stereocenters. The quantitative estimate of drug-likeness (QED) is 0.499. The van der Waals surface area contributed by atoms with Gasteiger partial charge < -0.3 is 9.88 Å². The van der Waals surface area contributed by atoms with Gasteiger partial charge in [-0.05, 0) is 55.9 Å². The number of amides is 1. The Morgan fingerprint density at radius 1 is 1.06 bits per heavy atom. The van der Waals surface area contributed by atoms with E-state index in [1.807, 2.05) is 12.1 Å². The number of carbonyl (C=O) groups is 1. The van der Waals surface area contributed by atoms with Crippen LogP contribution in [0.2, 0.25) is 0 Å². The molecule has 1 aliphatic carbocycles. The summed E-state index contributed by atoms with van der Waals surface area (Å²) in [6.45, 7) is 0.630. The molecule has 2 aromatic carbocycles. The Balaban J connectivity index is 1.50. The van der Waals surface area contributed by atoms with Gasteiger partial charge in [0.05, 0.1) is 10.6 Å². The van der Waals surface area contributed by atoms with Gasteiger partial charge in [-0.2, -0.15) is 0 Å². The van der Waals surface area contributed by atoms with Gasteiger partial charge in [0.15, 0.2) is 9.84 Å². The second-order valence-corrected chi connectivity index (χ2v) is 10.2. The molecule has 5 nitrogen and oxygen atoms in total. The van der Waals surface area contributed by atoms with Crippen molar-refractivity contribution >= 4 is 26.6 Å². The van der Waals surface area contributed by atoms with Gasteiger partial charge in [0.1, 0.15) is 12.4 Å². The highest BCUT2D eigenvalue weighted by molar-refractivity contribution is 7.90. The lowest BCUT2D eigenvalue weighted by atomic mass is 9.97. The highest BCUT2D eigenvalue weighted by Crippen LogP contribution is 2.28. The van der Waals surface area contributed by atoms with Gasteiger partial charge >= 0.3 is 0 Å². The van der Waals surface area contributed by atoms with Crippen LogP contribution in [0.4, 0.5) is 4.39 Å². The zero-order valence-corrected chi connectivity index (χ0v) is 18.7. The maximum absolute atomic E-state index is 13.2. The fraction of sp³-hybridized carbons (Fsp3) is 0.320. The number of allylic oxidation sites excluding steroid dienone is 1. The number of nitrogens with one attached hydrogen (secondary N) is 1. The highest BCUT2D eigenvalue weighted by Gasteiger charge is 2.22. The lowest BCUT2D eigenvalue weighted by Crippen LogP contribution is -2.28. The summed E-state index contributed by atoms with van der Waals surface area (Å²) < 4.78 is 41.1. The molecule has 0 aliphatic heterocycles. The number of benzene rings is 2. The zero-order valence-electron chi connectivity index (χ0n) is 17.9. The number of hydrogen-bond acceptors (Lipinski definition) is 3. The average Bonchev–Trinajstić information content (AvgIpc) is 3.15. The lowest BCUT2D eigenvalue weighted by molar-refractivity contribution is -0.121. The highest BCUT2D eigenvalue weighted by atomic mass is 32.2. The van der Waals surface area contributed by atoms with Crippen LogP contribution in [0.5, 0.6) is 0 Å². The standard InChI is InChI=1S/C25H27FN2O3S/c26-21-12-10-20(11-13-21)18-32(30,31)24-16-28(23-9-5-4-8-22(23)24)17-25(29)27-15-14-19-6-2-1-3-7-19/h4-6,8-13,16H,1-3,7,14-15,17-18H2,(H,27,29). The third-order valence-corrected chi connectivity index (χ3v) is 7.53. The van der Waals surface area contributed by atoms with Crippen LogP contribution < -0.4 is 5.32 Å². The van der Waals surface area contributed by atoms with Crippen molar-refractivity contribution in [3.8, 4) is 0 Å². The summed E-state index contributed by atoms with van der Waals surface area (Å²) in [5.41, 5.74) is 2.60. The van der Waals surface area contributed by atoms with E-state index in [2.05, 4.69) is 11.4 Å². The zero-order chi connectivity index (χ0) is 22.6. The van der Waals surface area contributed by atoms with Crippen molar-refractivity contribution < 1.29 is 17.6 Å². The molecule has 1 amide bonds. The summed E-state index contributed by atoms with van der Waals surface area (Å²) in [5.74, 6) is -0.791. The largest absolute Gasteiger partial charge is 0.354 e. The van der Waals surface area contributed by atoms with Crippen LogP contribution in [0.25, 0.3) is 10.9 Å². The first-order valence-electron chi connectivity index (χ1n) is 10.9. The Morgan fingerprint density at radius 3 is 2.59 bits per heavy atom. The maximum atomic E-state index is 13.2. The van der Waals surface area contributed by atoms with Crippen LogP contribution in [0.15, 0.2) is 71.3 Å². The Bertz CT molecular complexity index is 1240. The van der Waals surface area contributed by atoms with E-state index in [9.17, 15) is 17.6 Å². The van der Waals surface area contributed by atoms with Crippen molar-refractivity contribution in [2.75, 3.05) is 6.54 Å². The first kappa shape index (κ1) is 22.3. The van der Waals surface area contributed by atoms with Gasteiger partial charge in [0.2, 0.25) is 5.91 Å². The molecule has 0 saturated heterocycles. The van der Waals surface area contributed by atoms with E-state index in [1.165, 1.54) is 48.9 Å². The molecule has 1 heterocycles. The predicted octanol–water partition coefficient (Wildman–Crippen LogP) is 4.76. The van der Waals surface area contributed by atoms with Crippen molar-refractivity contribution in [1.29, 1.82) is 0 Å². The fourth-order valence-corrected chi connectivity index (χ4v) is 5.76. The molecule has 7 heteroatoms. The predicted molar refractivity (Wildman–Crippen MR) is 123 cm³/mol. The number of hydrogen-bond donors (Lipinski definition) is 1. The summed E-state index contributed by atoms with van der Waals surface area (Å²) in [5, 5.41) is 3.53. The smallest absolute Gasteiger partial charge is 0.239 e. The molecule has 0 fully saturated rings. The van der Waals surface area contributed by atoms with E-state index < -0.39 is 15.7 Å². The summed E-state index contributed by atoms with van der Waals surface area (Å²) in [6.07, 6.45) is 9.34. The number of sulfone groups is 1. The fourth-order valence-electron chi connectivity index (χ4n) is 4.17. The normalized spacial score (nSPS) is 14.3. The molecular weight excluding hydrogens is 427 g/mol. The Labute approximate surface area is 187 Å². The number of para-hydroxylation sites is 1. The number of carbonyl (C=O) groups excluding carboxylic acids is 1. The van der Waals surface area contributed by atoms with Crippen LogP contribution in [-0.4, -0.2) is 25.4 Å². The first-order valence-corrected chi connectivity index (χ1v) is 12.6. The maximum Gasteiger partial charge on any atom is 0.239 e. The van der Waals surface area contributed by atoms with Gasteiger partial charge in [-0.3, -0.25) is 4.79 Å². The van der Waals surface area contributed by atoms with Crippen molar-refractivity contribution in [3.63, 3.8) is 0 Å². The molecule has 32 heavy (non-hydrogen) atoms. The summed E-state index contributed by atoms with van der Waals surface area (Å²) >= 11 is 0. The van der Waals surface area contributed by atoms with E-state index in [1.54, 1.807) is 16.7 Å². The third-order valence-electron chi connectivity index (χ3n) is 5.82. The van der Waals surface area contributed by atoms with Crippen molar-refractivity contribution in [2.45, 2.75) is 49.3 Å². The molecule has 0 radical (unpaired) electrons. The Kier molecular flexibility index (Phi) is 6.74. The Morgan fingerprint density at radius 2 is 1.84 bits per heavy atom. The van der Waals surface area contributed by atoms with Gasteiger partial charge in [0, 0.05) is 23.6 Å². The minimum absolute atomic E-state index is 0.0473. The lowest BCUT2D eigenvalue weighted by Gasteiger charge is -2.13. The van der Waals surface area contributed by atoms with Gasteiger partial charge in [0.25, 0.3) is 0 Å². The summed E-state index contributed by atoms with van der Waals surface area (Å²) in [7, 11) is -3.68. The molecule has 1 N–H and O–H groups in total. The van der Waals surface area contributed by atoms with Crippen LogP contribution in [0.3, 0.4) is 0 Å². The summed E-state index contributed by atoms with van der Waals surface area (Å²) in [4.78, 5) is 12.7. The molecule has 4 rings (SSSR count). The van der Waals surface area contributed by atoms with E-state index in [4.69, 9.17) is 0 Å². The molecule has 3 aromatic rings. The second-order valence-electron chi connectivity index (χ2n) is 8.23. The topological polar surface area (TPSA) is 68.2 Å². The summed E-state index contributed by atoms with van der Waals surface area (Å²) in [6, 6.07) is 12.6. The number of nitrogens with zero attached hydrogens (tertiary/aromatic N) is 1. The van der Waals surface area contributed by atoms with E-state index >= 15 is 0 Å². The van der Waals surface area contributed by atoms with Crippen LogP contribution in [-0.2, 0) is 26.9 Å².